The van der Waals surface area contributed by atoms with Gasteiger partial charge in [-0.3, -0.25) is 9.69 Å². The normalized spacial score (nSPS) is 23.4. The third-order valence-corrected chi connectivity index (χ3v) is 6.06. The number of aromatic nitrogens is 2. The van der Waals surface area contributed by atoms with Crippen molar-refractivity contribution in [2.75, 3.05) is 5.75 Å². The van der Waals surface area contributed by atoms with Crippen molar-refractivity contribution in [3.63, 3.8) is 0 Å². The molecular weight excluding hydrogens is 318 g/mol. The molecule has 0 aliphatic carbocycles. The van der Waals surface area contributed by atoms with Gasteiger partial charge in [-0.25, -0.2) is 4.79 Å². The molecule has 2 atom stereocenters. The number of thioether (sulfide) groups is 1. The minimum absolute atomic E-state index is 0.0472. The Labute approximate surface area is 128 Å². The number of aliphatic carboxylic acids is 1. The minimum Gasteiger partial charge on any atom is -0.477 e. The Morgan fingerprint density at radius 1 is 1.55 bits per heavy atom. The molecule has 1 aromatic heterocycles. The second-order valence-electron chi connectivity index (χ2n) is 4.47. The van der Waals surface area contributed by atoms with E-state index < -0.39 is 11.2 Å². The standard InChI is InChI=1S/C11H11N3O3S3/c1-4-12-13-10(20-4)9(18)5-3-19-7-2-6(15)14(7)8(5)11(16)17/h7,9,18H,2-3H2,1H3,(H,16,17). The zero-order chi connectivity index (χ0) is 14.4. The molecule has 3 heterocycles. The average molecular weight is 329 g/mol. The van der Waals surface area contributed by atoms with Gasteiger partial charge in [0.05, 0.1) is 17.0 Å². The van der Waals surface area contributed by atoms with E-state index in [1.54, 1.807) is 11.8 Å². The first-order valence-electron chi connectivity index (χ1n) is 5.87. The number of fused-ring (bicyclic) bond motifs is 1. The summed E-state index contributed by atoms with van der Waals surface area (Å²) in [6, 6.07) is 0. The van der Waals surface area contributed by atoms with Crippen LogP contribution < -0.4 is 0 Å². The van der Waals surface area contributed by atoms with Crippen LogP contribution in [0, 0.1) is 6.92 Å². The van der Waals surface area contributed by atoms with Gasteiger partial charge in [-0.15, -0.1) is 33.3 Å². The van der Waals surface area contributed by atoms with Crippen molar-refractivity contribution in [1.82, 2.24) is 15.1 Å². The SMILES string of the molecule is Cc1nnc(C(S)C2=C(C(=O)O)N3C(=O)CC3SC2)s1. The van der Waals surface area contributed by atoms with Crippen molar-refractivity contribution in [3.8, 4) is 0 Å². The lowest BCUT2D eigenvalue weighted by Gasteiger charge is -2.44. The number of carboxylic acids is 1. The van der Waals surface area contributed by atoms with Crippen molar-refractivity contribution in [1.29, 1.82) is 0 Å². The van der Waals surface area contributed by atoms with Gasteiger partial charge in [-0.1, -0.05) is 0 Å². The number of amides is 1. The predicted octanol–water partition coefficient (Wildman–Crippen LogP) is 1.46. The van der Waals surface area contributed by atoms with E-state index in [0.717, 1.165) is 5.01 Å². The molecule has 0 radical (unpaired) electrons. The van der Waals surface area contributed by atoms with Crippen molar-refractivity contribution < 1.29 is 14.7 Å². The van der Waals surface area contributed by atoms with Crippen molar-refractivity contribution in [2.24, 2.45) is 0 Å². The van der Waals surface area contributed by atoms with E-state index in [9.17, 15) is 14.7 Å². The van der Waals surface area contributed by atoms with E-state index in [1.807, 2.05) is 6.92 Å². The summed E-state index contributed by atoms with van der Waals surface area (Å²) in [7, 11) is 0. The molecule has 20 heavy (non-hydrogen) atoms. The lowest BCUT2D eigenvalue weighted by molar-refractivity contribution is -0.146. The van der Waals surface area contributed by atoms with E-state index in [1.165, 1.54) is 16.2 Å². The van der Waals surface area contributed by atoms with Crippen LogP contribution in [0.3, 0.4) is 0 Å². The number of carbonyl (C=O) groups is 2. The average Bonchev–Trinajstić information content (AvgIpc) is 2.82. The molecule has 1 fully saturated rings. The number of carbonyl (C=O) groups excluding carboxylic acids is 1. The number of β-lactam (4-membered cyclic amide) rings is 1. The van der Waals surface area contributed by atoms with Gasteiger partial charge in [0.15, 0.2) is 0 Å². The molecule has 3 rings (SSSR count). The van der Waals surface area contributed by atoms with Crippen LogP contribution in [0.5, 0.6) is 0 Å². The molecule has 1 amide bonds. The zero-order valence-corrected chi connectivity index (χ0v) is 13.0. The Hall–Kier alpha value is -1.06. The highest BCUT2D eigenvalue weighted by Crippen LogP contribution is 2.45. The van der Waals surface area contributed by atoms with Crippen LogP contribution in [0.2, 0.25) is 0 Å². The first kappa shape index (κ1) is 13.9. The number of hydrogen-bond donors (Lipinski definition) is 2. The van der Waals surface area contributed by atoms with Gasteiger partial charge in [-0.2, -0.15) is 12.6 Å². The number of aryl methyl sites for hydroxylation is 1. The number of carboxylic acid groups (broad SMARTS) is 1. The summed E-state index contributed by atoms with van der Waals surface area (Å²) >= 11 is 7.44. The Bertz CT molecular complexity index is 627. The number of thiol groups is 1. The highest BCUT2D eigenvalue weighted by Gasteiger charge is 2.46. The molecule has 1 saturated heterocycles. The summed E-state index contributed by atoms with van der Waals surface area (Å²) < 4.78 is 0. The first-order valence-corrected chi connectivity index (χ1v) is 8.25. The fourth-order valence-corrected chi connectivity index (χ4v) is 4.79. The number of nitrogens with zero attached hydrogens (tertiary/aromatic N) is 3. The maximum absolute atomic E-state index is 11.7. The summed E-state index contributed by atoms with van der Waals surface area (Å²) in [6.45, 7) is 1.83. The van der Waals surface area contributed by atoms with Crippen LogP contribution in [0.1, 0.15) is 21.7 Å². The lowest BCUT2D eigenvalue weighted by atomic mass is 10.1. The van der Waals surface area contributed by atoms with Crippen LogP contribution in [0.4, 0.5) is 0 Å². The number of hydrogen-bond acceptors (Lipinski definition) is 7. The quantitative estimate of drug-likeness (QED) is 0.645. The molecule has 1 aromatic rings. The second-order valence-corrected chi connectivity index (χ2v) is 7.37. The molecule has 106 valence electrons. The van der Waals surface area contributed by atoms with Crippen LogP contribution in [-0.2, 0) is 9.59 Å². The Morgan fingerprint density at radius 2 is 2.30 bits per heavy atom. The van der Waals surface area contributed by atoms with Gasteiger partial charge < -0.3 is 5.11 Å². The third-order valence-electron chi connectivity index (χ3n) is 3.19. The molecule has 9 heteroatoms. The summed E-state index contributed by atoms with van der Waals surface area (Å²) in [5.74, 6) is -0.687. The second kappa shape index (κ2) is 5.05. The van der Waals surface area contributed by atoms with E-state index in [2.05, 4.69) is 22.8 Å². The van der Waals surface area contributed by atoms with Crippen molar-refractivity contribution in [3.05, 3.63) is 21.3 Å². The summed E-state index contributed by atoms with van der Waals surface area (Å²) in [5, 5.41) is 18.3. The van der Waals surface area contributed by atoms with Gasteiger partial charge in [0, 0.05) is 5.75 Å². The van der Waals surface area contributed by atoms with Crippen molar-refractivity contribution in [2.45, 2.75) is 24.0 Å². The van der Waals surface area contributed by atoms with Crippen LogP contribution in [0.25, 0.3) is 0 Å². The monoisotopic (exact) mass is 329 g/mol. The molecule has 6 nitrogen and oxygen atoms in total. The first-order chi connectivity index (χ1) is 9.49. The van der Waals surface area contributed by atoms with Gasteiger partial charge in [-0.05, 0) is 12.5 Å². The molecule has 1 N–H and O–H groups in total. The minimum atomic E-state index is -1.08. The third kappa shape index (κ3) is 2.13. The van der Waals surface area contributed by atoms with Crippen LogP contribution in [-0.4, -0.2) is 43.2 Å². The maximum atomic E-state index is 11.7. The fourth-order valence-electron chi connectivity index (χ4n) is 2.22. The van der Waals surface area contributed by atoms with Crippen molar-refractivity contribution >= 4 is 47.6 Å². The van der Waals surface area contributed by atoms with Crippen LogP contribution >= 0.6 is 35.7 Å². The largest absolute Gasteiger partial charge is 0.477 e. The van der Waals surface area contributed by atoms with E-state index in [0.29, 0.717) is 22.8 Å². The molecule has 2 unspecified atom stereocenters. The van der Waals surface area contributed by atoms with E-state index in [-0.39, 0.29) is 17.0 Å². The summed E-state index contributed by atoms with van der Waals surface area (Å²) in [5.41, 5.74) is 0.684. The maximum Gasteiger partial charge on any atom is 0.352 e. The lowest BCUT2D eigenvalue weighted by Crippen LogP contribution is -2.54. The highest BCUT2D eigenvalue weighted by molar-refractivity contribution is 8.00. The van der Waals surface area contributed by atoms with Gasteiger partial charge in [0.1, 0.15) is 15.7 Å². The molecule has 2 aliphatic rings. The Morgan fingerprint density at radius 3 is 2.85 bits per heavy atom. The van der Waals surface area contributed by atoms with E-state index >= 15 is 0 Å². The summed E-state index contributed by atoms with van der Waals surface area (Å²) in [4.78, 5) is 24.5. The van der Waals surface area contributed by atoms with Gasteiger partial charge in [0.25, 0.3) is 0 Å². The molecule has 0 spiro atoms. The van der Waals surface area contributed by atoms with Gasteiger partial charge in [0.2, 0.25) is 5.91 Å². The molecule has 2 aliphatic heterocycles. The summed E-state index contributed by atoms with van der Waals surface area (Å²) in [6.07, 6.45) is 0.407. The van der Waals surface area contributed by atoms with Crippen LogP contribution in [0.15, 0.2) is 11.3 Å². The topological polar surface area (TPSA) is 83.4 Å². The fraction of sp³-hybridized carbons (Fsp3) is 0.455. The smallest absolute Gasteiger partial charge is 0.352 e. The van der Waals surface area contributed by atoms with Gasteiger partial charge >= 0.3 is 5.97 Å². The molecule has 0 saturated carbocycles. The predicted molar refractivity (Wildman–Crippen MR) is 78.7 cm³/mol. The molecule has 0 aromatic carbocycles. The number of rotatable bonds is 3. The zero-order valence-electron chi connectivity index (χ0n) is 10.4. The van der Waals surface area contributed by atoms with E-state index in [4.69, 9.17) is 0 Å². The molecule has 0 bridgehead atoms. The highest BCUT2D eigenvalue weighted by atomic mass is 32.2. The Balaban J connectivity index is 2.02. The molecular formula is C11H11N3O3S3. The Kier molecular flexibility index (Phi) is 3.51.